The van der Waals surface area contributed by atoms with Gasteiger partial charge in [-0.2, -0.15) is 0 Å². The van der Waals surface area contributed by atoms with Crippen LogP contribution in [0.25, 0.3) is 0 Å². The third kappa shape index (κ3) is 3.41. The topological polar surface area (TPSA) is 41.5 Å². The molecule has 2 fully saturated rings. The second-order valence-corrected chi connectivity index (χ2v) is 6.88. The van der Waals surface area contributed by atoms with Crippen LogP contribution in [0.15, 0.2) is 18.2 Å². The molecule has 2 aliphatic rings. The van der Waals surface area contributed by atoms with Gasteiger partial charge in [-0.05, 0) is 56.1 Å². The van der Waals surface area contributed by atoms with Crippen LogP contribution in [-0.2, 0) is 0 Å². The first-order valence-corrected chi connectivity index (χ1v) is 8.24. The first-order chi connectivity index (χ1) is 10.1. The van der Waals surface area contributed by atoms with Crippen LogP contribution in [0.4, 0.5) is 0 Å². The van der Waals surface area contributed by atoms with Gasteiger partial charge >= 0.3 is 0 Å². The number of aliphatic hydroxyl groups excluding tert-OH is 1. The van der Waals surface area contributed by atoms with Crippen LogP contribution in [0.2, 0.25) is 0 Å². The van der Waals surface area contributed by atoms with Crippen molar-refractivity contribution in [2.75, 3.05) is 13.2 Å². The summed E-state index contributed by atoms with van der Waals surface area (Å²) in [6, 6.07) is 6.74. The van der Waals surface area contributed by atoms with E-state index in [1.54, 1.807) is 0 Å². The molecular formula is C18H27NO2. The first kappa shape index (κ1) is 14.9. The van der Waals surface area contributed by atoms with Crippen LogP contribution in [0.5, 0.6) is 5.75 Å². The molecule has 2 N–H and O–H groups in total. The van der Waals surface area contributed by atoms with Crippen molar-refractivity contribution in [2.24, 2.45) is 11.8 Å². The Morgan fingerprint density at radius 2 is 2.00 bits per heavy atom. The van der Waals surface area contributed by atoms with Crippen molar-refractivity contribution in [3.8, 4) is 5.75 Å². The number of aryl methyl sites for hydroxylation is 2. The standard InChI is InChI=1S/C18H27NO2/c1-12-4-3-5-13(2)18(12)21-11-16(20)10-19-17-9-14-6-7-15(17)8-14/h3-5,14-17,19-20H,6-11H2,1-2H3. The van der Waals surface area contributed by atoms with Gasteiger partial charge in [-0.3, -0.25) is 0 Å². The van der Waals surface area contributed by atoms with Gasteiger partial charge in [-0.15, -0.1) is 0 Å². The zero-order chi connectivity index (χ0) is 14.8. The molecule has 1 aromatic rings. The summed E-state index contributed by atoms with van der Waals surface area (Å²) in [5.41, 5.74) is 2.26. The smallest absolute Gasteiger partial charge is 0.125 e. The van der Waals surface area contributed by atoms with Crippen molar-refractivity contribution in [1.82, 2.24) is 5.32 Å². The molecule has 0 aromatic heterocycles. The van der Waals surface area contributed by atoms with Crippen LogP contribution in [0, 0.1) is 25.7 Å². The molecule has 3 nitrogen and oxygen atoms in total. The molecule has 0 aliphatic heterocycles. The Morgan fingerprint density at radius 3 is 2.62 bits per heavy atom. The van der Waals surface area contributed by atoms with Crippen LogP contribution >= 0.6 is 0 Å². The molecule has 21 heavy (non-hydrogen) atoms. The highest BCUT2D eigenvalue weighted by atomic mass is 16.5. The summed E-state index contributed by atoms with van der Waals surface area (Å²) >= 11 is 0. The normalized spacial score (nSPS) is 28.8. The van der Waals surface area contributed by atoms with Crippen LogP contribution in [0.3, 0.4) is 0 Å². The van der Waals surface area contributed by atoms with Gasteiger partial charge in [-0.25, -0.2) is 0 Å². The van der Waals surface area contributed by atoms with Crippen molar-refractivity contribution in [2.45, 2.75) is 51.7 Å². The molecule has 0 saturated heterocycles. The fourth-order valence-electron chi connectivity index (χ4n) is 4.05. The van der Waals surface area contributed by atoms with Gasteiger partial charge in [0.15, 0.2) is 0 Å². The second kappa shape index (κ2) is 6.37. The zero-order valence-electron chi connectivity index (χ0n) is 13.1. The Labute approximate surface area is 127 Å². The third-order valence-corrected chi connectivity index (χ3v) is 5.18. The lowest BCUT2D eigenvalue weighted by Crippen LogP contribution is -2.40. The minimum atomic E-state index is -0.442. The number of rotatable bonds is 6. The van der Waals surface area contributed by atoms with E-state index in [0.717, 1.165) is 28.7 Å². The molecule has 3 rings (SSSR count). The number of para-hydroxylation sites is 1. The highest BCUT2D eigenvalue weighted by molar-refractivity contribution is 5.39. The summed E-state index contributed by atoms with van der Waals surface area (Å²) in [7, 11) is 0. The molecule has 0 spiro atoms. The van der Waals surface area contributed by atoms with Gasteiger partial charge in [0.25, 0.3) is 0 Å². The van der Waals surface area contributed by atoms with Gasteiger partial charge in [0.05, 0.1) is 0 Å². The Kier molecular flexibility index (Phi) is 4.51. The lowest BCUT2D eigenvalue weighted by molar-refractivity contribution is 0.100. The monoisotopic (exact) mass is 289 g/mol. The Balaban J connectivity index is 1.43. The molecule has 1 aromatic carbocycles. The van der Waals surface area contributed by atoms with E-state index in [1.807, 2.05) is 32.0 Å². The van der Waals surface area contributed by atoms with Crippen molar-refractivity contribution in [3.63, 3.8) is 0 Å². The number of hydrogen-bond acceptors (Lipinski definition) is 3. The lowest BCUT2D eigenvalue weighted by atomic mass is 9.95. The molecule has 2 aliphatic carbocycles. The summed E-state index contributed by atoms with van der Waals surface area (Å²) in [5, 5.41) is 13.7. The maximum Gasteiger partial charge on any atom is 0.125 e. The van der Waals surface area contributed by atoms with E-state index < -0.39 is 6.10 Å². The summed E-state index contributed by atoms with van der Waals surface area (Å²) in [4.78, 5) is 0. The Morgan fingerprint density at radius 1 is 1.24 bits per heavy atom. The van der Waals surface area contributed by atoms with E-state index in [1.165, 1.54) is 25.7 Å². The molecule has 4 unspecified atom stereocenters. The van der Waals surface area contributed by atoms with Crippen molar-refractivity contribution < 1.29 is 9.84 Å². The van der Waals surface area contributed by atoms with Gasteiger partial charge < -0.3 is 15.2 Å². The molecule has 4 atom stereocenters. The quantitative estimate of drug-likeness (QED) is 0.846. The van der Waals surface area contributed by atoms with E-state index in [0.29, 0.717) is 19.2 Å². The molecular weight excluding hydrogens is 262 g/mol. The minimum absolute atomic E-state index is 0.361. The summed E-state index contributed by atoms with van der Waals surface area (Å²) in [6.07, 6.45) is 5.04. The van der Waals surface area contributed by atoms with Gasteiger partial charge in [-0.1, -0.05) is 24.6 Å². The predicted octanol–water partition coefficient (Wildman–Crippen LogP) is 2.82. The summed E-state index contributed by atoms with van der Waals surface area (Å²) < 4.78 is 5.82. The largest absolute Gasteiger partial charge is 0.490 e. The summed E-state index contributed by atoms with van der Waals surface area (Å²) in [6.45, 7) is 5.09. The van der Waals surface area contributed by atoms with E-state index >= 15 is 0 Å². The van der Waals surface area contributed by atoms with Crippen molar-refractivity contribution in [3.05, 3.63) is 29.3 Å². The molecule has 3 heteroatoms. The molecule has 0 amide bonds. The van der Waals surface area contributed by atoms with Crippen LogP contribution < -0.4 is 10.1 Å². The fourth-order valence-corrected chi connectivity index (χ4v) is 4.05. The number of ether oxygens (including phenoxy) is 1. The number of hydrogen-bond donors (Lipinski definition) is 2. The summed E-state index contributed by atoms with van der Waals surface area (Å²) in [5.74, 6) is 2.70. The predicted molar refractivity (Wildman–Crippen MR) is 84.7 cm³/mol. The van der Waals surface area contributed by atoms with Crippen molar-refractivity contribution in [1.29, 1.82) is 0 Å². The van der Waals surface area contributed by atoms with Crippen LogP contribution in [-0.4, -0.2) is 30.4 Å². The second-order valence-electron chi connectivity index (χ2n) is 6.88. The fraction of sp³-hybridized carbons (Fsp3) is 0.667. The van der Waals surface area contributed by atoms with E-state index in [4.69, 9.17) is 4.74 Å². The van der Waals surface area contributed by atoms with Gasteiger partial charge in [0, 0.05) is 12.6 Å². The third-order valence-electron chi connectivity index (χ3n) is 5.18. The molecule has 0 heterocycles. The number of fused-ring (bicyclic) bond motifs is 2. The highest BCUT2D eigenvalue weighted by Crippen LogP contribution is 2.44. The number of aliphatic hydroxyl groups is 1. The van der Waals surface area contributed by atoms with Gasteiger partial charge in [0.1, 0.15) is 18.5 Å². The Hall–Kier alpha value is -1.06. The minimum Gasteiger partial charge on any atom is -0.490 e. The number of nitrogens with one attached hydrogen (secondary N) is 1. The molecule has 2 bridgehead atoms. The number of benzene rings is 1. The molecule has 116 valence electrons. The van der Waals surface area contributed by atoms with E-state index in [-0.39, 0.29) is 0 Å². The van der Waals surface area contributed by atoms with Crippen molar-refractivity contribution >= 4 is 0 Å². The first-order valence-electron chi connectivity index (χ1n) is 8.24. The van der Waals surface area contributed by atoms with Crippen LogP contribution in [0.1, 0.15) is 36.8 Å². The zero-order valence-corrected chi connectivity index (χ0v) is 13.1. The maximum atomic E-state index is 10.1. The molecule has 2 saturated carbocycles. The Bertz CT molecular complexity index is 468. The highest BCUT2D eigenvalue weighted by Gasteiger charge is 2.39. The lowest BCUT2D eigenvalue weighted by Gasteiger charge is -2.24. The SMILES string of the molecule is Cc1cccc(C)c1OCC(O)CNC1CC2CCC1C2. The average molecular weight is 289 g/mol. The maximum absolute atomic E-state index is 10.1. The average Bonchev–Trinajstić information content (AvgIpc) is 3.07. The molecule has 0 radical (unpaired) electrons. The van der Waals surface area contributed by atoms with E-state index in [9.17, 15) is 5.11 Å². The van der Waals surface area contributed by atoms with E-state index in [2.05, 4.69) is 5.32 Å². The van der Waals surface area contributed by atoms with Gasteiger partial charge in [0.2, 0.25) is 0 Å².